The molecule has 3 fully saturated rings. The molecule has 2 heterocycles. The van der Waals surface area contributed by atoms with Crippen LogP contribution in [0.2, 0.25) is 0 Å². The number of carbonyl (C=O) groups excluding carboxylic acids is 11. The number of likely N-dealkylation sites (N-methyl/N-ethyl adjacent to an activating group) is 7. The van der Waals surface area contributed by atoms with Crippen molar-refractivity contribution < 1.29 is 62.6 Å². The van der Waals surface area contributed by atoms with Gasteiger partial charge in [-0.05, 0) is 137 Å². The average molecular weight is 1360 g/mol. The van der Waals surface area contributed by atoms with Gasteiger partial charge in [0.15, 0.2) is 0 Å². The fraction of sp³-hybridized carbons (Fsp3) is 0.817. The van der Waals surface area contributed by atoms with Gasteiger partial charge in [0, 0.05) is 55.9 Å². The third-order valence-corrected chi connectivity index (χ3v) is 20.1. The maximum absolute atomic E-state index is 15.4. The maximum atomic E-state index is 15.4. The van der Waals surface area contributed by atoms with E-state index in [9.17, 15) is 19.5 Å². The van der Waals surface area contributed by atoms with Crippen LogP contribution in [0.5, 0.6) is 0 Å². The number of imide groups is 1. The van der Waals surface area contributed by atoms with Gasteiger partial charge in [-0.25, -0.2) is 4.79 Å². The molecule has 13 atom stereocenters. The summed E-state index contributed by atoms with van der Waals surface area (Å²) in [5.41, 5.74) is -1.20. The monoisotopic (exact) mass is 1350 g/mol. The lowest BCUT2D eigenvalue weighted by atomic mass is 9.60. The lowest BCUT2D eigenvalue weighted by molar-refractivity contribution is -0.157. The largest absolute Gasteiger partial charge is 0.390 e. The summed E-state index contributed by atoms with van der Waals surface area (Å²) in [6.45, 7) is 32.9. The molecule has 548 valence electrons. The molecule has 0 aromatic heterocycles. The van der Waals surface area contributed by atoms with Crippen LogP contribution in [-0.2, 0) is 52.7 Å². The first-order valence-corrected chi connectivity index (χ1v) is 35.2. The molecule has 2 aliphatic heterocycles. The Labute approximate surface area is 575 Å². The summed E-state index contributed by atoms with van der Waals surface area (Å²) in [7, 11) is 9.93. The number of likely N-dealkylation sites (tertiary alicyclic amines) is 1. The molecular weight excluding hydrogens is 1230 g/mol. The molecule has 3 unspecified atom stereocenters. The quantitative estimate of drug-likeness (QED) is 0.0829. The second kappa shape index (κ2) is 37.1. The molecule has 1 aliphatic carbocycles. The molecule has 1 saturated carbocycles. The van der Waals surface area contributed by atoms with Crippen LogP contribution in [-0.4, -0.2) is 258 Å². The molecule has 0 aromatic rings. The summed E-state index contributed by atoms with van der Waals surface area (Å²) in [4.78, 5) is 176. The van der Waals surface area contributed by atoms with Crippen LogP contribution in [0.15, 0.2) is 12.2 Å². The average Bonchev–Trinajstić information content (AvgIpc) is 0.891. The van der Waals surface area contributed by atoms with Crippen molar-refractivity contribution in [3.63, 3.8) is 0 Å². The third kappa shape index (κ3) is 22.4. The molecular formula is C71H126N12O13. The zero-order valence-corrected chi connectivity index (χ0v) is 63.0. The predicted molar refractivity (Wildman–Crippen MR) is 371 cm³/mol. The van der Waals surface area contributed by atoms with E-state index in [0.29, 0.717) is 13.0 Å². The molecule has 25 nitrogen and oxygen atoms in total. The van der Waals surface area contributed by atoms with E-state index in [-0.39, 0.29) is 74.4 Å². The molecule has 96 heavy (non-hydrogen) atoms. The van der Waals surface area contributed by atoms with E-state index in [0.717, 1.165) is 48.6 Å². The van der Waals surface area contributed by atoms with E-state index in [1.165, 1.54) is 80.8 Å². The molecule has 5 N–H and O–H groups in total. The van der Waals surface area contributed by atoms with Crippen LogP contribution >= 0.6 is 0 Å². The van der Waals surface area contributed by atoms with Gasteiger partial charge in [-0.3, -0.25) is 53.3 Å². The fourth-order valence-electron chi connectivity index (χ4n) is 13.3. The van der Waals surface area contributed by atoms with Crippen molar-refractivity contribution in [3.8, 4) is 0 Å². The van der Waals surface area contributed by atoms with E-state index in [1.807, 2.05) is 54.5 Å². The van der Waals surface area contributed by atoms with Crippen molar-refractivity contribution in [1.29, 1.82) is 0 Å². The first-order valence-electron chi connectivity index (χ1n) is 35.2. The van der Waals surface area contributed by atoms with Crippen molar-refractivity contribution in [2.45, 2.75) is 248 Å². The molecule has 0 radical (unpaired) electrons. The summed E-state index contributed by atoms with van der Waals surface area (Å²) in [5.74, 6) is -9.07. The molecule has 2 saturated heterocycles. The Morgan fingerprint density at radius 3 is 1.55 bits per heavy atom. The van der Waals surface area contributed by atoms with E-state index in [4.69, 9.17) is 4.74 Å². The van der Waals surface area contributed by atoms with E-state index < -0.39 is 149 Å². The zero-order valence-electron chi connectivity index (χ0n) is 63.0. The number of aliphatic hydroxyl groups is 1. The number of nitrogens with zero attached hydrogens (tertiary/aromatic N) is 8. The topological polar surface area (TPSA) is 291 Å². The van der Waals surface area contributed by atoms with Gasteiger partial charge in [-0.15, -0.1) is 0 Å². The second-order valence-corrected chi connectivity index (χ2v) is 31.1. The van der Waals surface area contributed by atoms with E-state index in [2.05, 4.69) is 40.0 Å². The number of hydrogen-bond donors (Lipinski definition) is 5. The van der Waals surface area contributed by atoms with Gasteiger partial charge in [0.05, 0.1) is 19.3 Å². The van der Waals surface area contributed by atoms with Gasteiger partial charge < -0.3 is 65.0 Å². The molecule has 0 bridgehead atoms. The van der Waals surface area contributed by atoms with Crippen LogP contribution in [0, 0.1) is 46.3 Å². The molecule has 3 rings (SSSR count). The summed E-state index contributed by atoms with van der Waals surface area (Å²) in [5, 5.41) is 23.2. The van der Waals surface area contributed by atoms with Crippen molar-refractivity contribution in [2.75, 3.05) is 82.2 Å². The Hall–Kier alpha value is -6.21. The van der Waals surface area contributed by atoms with Crippen LogP contribution in [0.25, 0.3) is 0 Å². The van der Waals surface area contributed by atoms with E-state index in [1.54, 1.807) is 54.5 Å². The number of allylic oxidation sites excluding steroid dienone is 2. The van der Waals surface area contributed by atoms with Crippen LogP contribution in [0.3, 0.4) is 0 Å². The summed E-state index contributed by atoms with van der Waals surface area (Å²) >= 11 is 0. The van der Waals surface area contributed by atoms with Gasteiger partial charge in [0.25, 0.3) is 0 Å². The lowest BCUT2D eigenvalue weighted by Crippen LogP contribution is -2.64. The van der Waals surface area contributed by atoms with Crippen molar-refractivity contribution in [1.82, 2.24) is 60.5 Å². The van der Waals surface area contributed by atoms with E-state index >= 15 is 38.4 Å². The number of rotatable bonds is 19. The van der Waals surface area contributed by atoms with Crippen molar-refractivity contribution in [3.05, 3.63) is 12.2 Å². The third-order valence-electron chi connectivity index (χ3n) is 20.1. The van der Waals surface area contributed by atoms with Gasteiger partial charge in [-0.1, -0.05) is 116 Å². The second-order valence-electron chi connectivity index (χ2n) is 31.1. The number of ether oxygens (including phenoxy) is 1. The highest BCUT2D eigenvalue weighted by molar-refractivity contribution is 6.02. The first kappa shape index (κ1) is 84.0. The van der Waals surface area contributed by atoms with Gasteiger partial charge >= 0.3 is 6.03 Å². The summed E-state index contributed by atoms with van der Waals surface area (Å²) < 4.78 is 6.26. The Kier molecular flexibility index (Phi) is 32.5. The van der Waals surface area contributed by atoms with Crippen molar-refractivity contribution in [2.24, 2.45) is 46.3 Å². The smallest absolute Gasteiger partial charge is 0.324 e. The zero-order chi connectivity index (χ0) is 73.3. The Balaban J connectivity index is 2.41. The molecule has 0 aromatic carbocycles. The normalized spacial score (nSPS) is 28.2. The standard InChI is InChI=1S/C71H126N12O13/c1-25-27-30-46(11)57(84)56-62(88)73-49(26-2)63(89)79(21)54(41-96-36-35-83-33-28-29-34-83)66(92)76(18)50(37-42(3)4)61(87)74-58(70(13,14)15)68(94)77(19)51(40-48-31-32-71(48,16)17)60(86)72-47(12)59(85)75-69(95)80(22)53(39-44(7)8)64(90)78(20)52(38-43(5)6)65(91)81(23)55(45(9)10)67(93)82(56)24/h25,27,42-58,84H,26,28-41H2,1-24H3,(H,72,86)(H,73,88)(H,74,87)(H,75,85,95)/b27-25+/t46-,47?,48?,49+,50+,51+,52+,53?,54-,55+,56+,57-,58-/m1/s1. The maximum Gasteiger partial charge on any atom is 0.324 e. The molecule has 0 spiro atoms. The first-order chi connectivity index (χ1) is 44.5. The number of urea groups is 1. The number of nitrogens with one attached hydrogen (secondary N) is 4. The van der Waals surface area contributed by atoms with Crippen LogP contribution in [0.1, 0.15) is 182 Å². The number of hydrogen-bond acceptors (Lipinski definition) is 14. The molecule has 12 amide bonds. The van der Waals surface area contributed by atoms with Crippen LogP contribution < -0.4 is 21.3 Å². The minimum Gasteiger partial charge on any atom is -0.390 e. The highest BCUT2D eigenvalue weighted by Crippen LogP contribution is 2.48. The number of aliphatic hydroxyl groups excluding tert-OH is 1. The van der Waals surface area contributed by atoms with Gasteiger partial charge in [0.1, 0.15) is 60.4 Å². The number of amides is 12. The molecule has 25 heteroatoms. The highest BCUT2D eigenvalue weighted by Gasteiger charge is 2.48. The Bertz CT molecular complexity index is 2690. The predicted octanol–water partition coefficient (Wildman–Crippen LogP) is 5.13. The SMILES string of the molecule is C/C=C/C[C@@H](C)[C@@H](O)[C@H]1C(=O)N[C@@H](CC)C(=O)N(C)[C@H](COCCN2CCCC2)C(=O)N(C)[C@@H](CC(C)C)C(=O)N[C@@H](C(C)(C)C)C(=O)N(C)[C@@H](CC2CCC2(C)C)C(=O)NC(C)C(=O)NC(=O)N(C)C(CC(C)C)C(=O)N(C)[C@@H](CC(C)C)C(=O)N(C)[C@@H](C(C)C)C(=O)N1C. The fourth-order valence-corrected chi connectivity index (χ4v) is 13.3. The molecule has 3 aliphatic rings. The highest BCUT2D eigenvalue weighted by atomic mass is 16.5. The van der Waals surface area contributed by atoms with Gasteiger partial charge in [-0.2, -0.15) is 0 Å². The minimum atomic E-state index is -1.65. The lowest BCUT2D eigenvalue weighted by Gasteiger charge is -2.47. The Morgan fingerprint density at radius 1 is 0.583 bits per heavy atom. The Morgan fingerprint density at radius 2 is 1.06 bits per heavy atom. The van der Waals surface area contributed by atoms with Gasteiger partial charge in [0.2, 0.25) is 59.1 Å². The summed E-state index contributed by atoms with van der Waals surface area (Å²) in [6, 6.07) is -14.1. The summed E-state index contributed by atoms with van der Waals surface area (Å²) in [6.07, 6.45) is 6.56. The van der Waals surface area contributed by atoms with Crippen molar-refractivity contribution >= 4 is 65.1 Å². The number of carbonyl (C=O) groups is 11. The minimum absolute atomic E-state index is 0.0168. The van der Waals surface area contributed by atoms with Crippen LogP contribution in [0.4, 0.5) is 4.79 Å².